The van der Waals surface area contributed by atoms with Crippen molar-refractivity contribution in [2.45, 2.75) is 34.1 Å². The lowest BCUT2D eigenvalue weighted by Gasteiger charge is -2.24. The zero-order valence-corrected chi connectivity index (χ0v) is 8.89. The fourth-order valence-corrected chi connectivity index (χ4v) is 1.03. The Kier molecular flexibility index (Phi) is 5.51. The van der Waals surface area contributed by atoms with E-state index in [0.29, 0.717) is 5.92 Å². The molecular weight excluding hydrogens is 150 g/mol. The van der Waals surface area contributed by atoms with Crippen molar-refractivity contribution in [3.8, 4) is 0 Å². The third kappa shape index (κ3) is 6.62. The standard InChI is InChI=1S/C10H23NO/c1-9(2)7-12-8-10(3,4)5-6-11/h9H,5-8,11H2,1-4H3. The molecule has 0 aliphatic heterocycles. The molecule has 2 nitrogen and oxygen atoms in total. The molecule has 0 amide bonds. The monoisotopic (exact) mass is 173 g/mol. The minimum atomic E-state index is 0.240. The van der Waals surface area contributed by atoms with Crippen LogP contribution in [0.4, 0.5) is 0 Å². The summed E-state index contributed by atoms with van der Waals surface area (Å²) in [5, 5.41) is 0. The van der Waals surface area contributed by atoms with Gasteiger partial charge in [0.25, 0.3) is 0 Å². The molecule has 0 bridgehead atoms. The molecule has 0 aromatic heterocycles. The van der Waals surface area contributed by atoms with Crippen LogP contribution in [0.15, 0.2) is 0 Å². The molecule has 74 valence electrons. The minimum absolute atomic E-state index is 0.240. The van der Waals surface area contributed by atoms with E-state index in [0.717, 1.165) is 26.2 Å². The molecule has 0 saturated carbocycles. The maximum absolute atomic E-state index is 5.56. The van der Waals surface area contributed by atoms with Gasteiger partial charge < -0.3 is 10.5 Å². The van der Waals surface area contributed by atoms with Crippen LogP contribution in [0.3, 0.4) is 0 Å². The minimum Gasteiger partial charge on any atom is -0.381 e. The van der Waals surface area contributed by atoms with Crippen LogP contribution in [0.1, 0.15) is 34.1 Å². The topological polar surface area (TPSA) is 35.2 Å². The van der Waals surface area contributed by atoms with Gasteiger partial charge in [0.15, 0.2) is 0 Å². The van der Waals surface area contributed by atoms with Crippen LogP contribution in [0.25, 0.3) is 0 Å². The first kappa shape index (κ1) is 11.9. The second-order valence-corrected chi connectivity index (χ2v) is 4.61. The largest absolute Gasteiger partial charge is 0.381 e. The second-order valence-electron chi connectivity index (χ2n) is 4.61. The summed E-state index contributed by atoms with van der Waals surface area (Å²) in [6.07, 6.45) is 1.03. The van der Waals surface area contributed by atoms with Gasteiger partial charge in [-0.2, -0.15) is 0 Å². The normalized spacial score (nSPS) is 12.5. The van der Waals surface area contributed by atoms with Gasteiger partial charge in [0.05, 0.1) is 6.61 Å². The van der Waals surface area contributed by atoms with Crippen LogP contribution in [-0.2, 0) is 4.74 Å². The van der Waals surface area contributed by atoms with Gasteiger partial charge in [0.1, 0.15) is 0 Å². The zero-order chi connectivity index (χ0) is 9.61. The first-order chi connectivity index (χ1) is 5.48. The molecule has 0 heterocycles. The maximum atomic E-state index is 5.56. The van der Waals surface area contributed by atoms with Gasteiger partial charge in [-0.15, -0.1) is 0 Å². The average Bonchev–Trinajstić information content (AvgIpc) is 1.85. The molecule has 0 atom stereocenters. The van der Waals surface area contributed by atoms with Crippen molar-refractivity contribution in [2.75, 3.05) is 19.8 Å². The summed E-state index contributed by atoms with van der Waals surface area (Å²) in [6, 6.07) is 0. The zero-order valence-electron chi connectivity index (χ0n) is 8.89. The maximum Gasteiger partial charge on any atom is 0.0517 e. The third-order valence-electron chi connectivity index (χ3n) is 1.77. The molecule has 0 saturated heterocycles. The van der Waals surface area contributed by atoms with Crippen molar-refractivity contribution in [3.63, 3.8) is 0 Å². The van der Waals surface area contributed by atoms with Crippen molar-refractivity contribution in [3.05, 3.63) is 0 Å². The van der Waals surface area contributed by atoms with Gasteiger partial charge in [0, 0.05) is 6.61 Å². The van der Waals surface area contributed by atoms with Crippen molar-refractivity contribution in [2.24, 2.45) is 17.1 Å². The summed E-state index contributed by atoms with van der Waals surface area (Å²) >= 11 is 0. The highest BCUT2D eigenvalue weighted by Gasteiger charge is 2.16. The summed E-state index contributed by atoms with van der Waals surface area (Å²) in [6.45, 7) is 11.1. The van der Waals surface area contributed by atoms with Gasteiger partial charge in [-0.3, -0.25) is 0 Å². The first-order valence-corrected chi connectivity index (χ1v) is 4.76. The Balaban J connectivity index is 3.46. The van der Waals surface area contributed by atoms with Gasteiger partial charge in [-0.05, 0) is 24.3 Å². The molecular formula is C10H23NO. The molecule has 0 fully saturated rings. The van der Waals surface area contributed by atoms with E-state index in [1.165, 1.54) is 0 Å². The molecule has 0 spiro atoms. The number of nitrogens with two attached hydrogens (primary N) is 1. The molecule has 0 unspecified atom stereocenters. The lowest BCUT2D eigenvalue weighted by Crippen LogP contribution is -2.24. The van der Waals surface area contributed by atoms with Gasteiger partial charge in [0.2, 0.25) is 0 Å². The number of rotatable bonds is 6. The predicted molar refractivity (Wildman–Crippen MR) is 53.1 cm³/mol. The van der Waals surface area contributed by atoms with Gasteiger partial charge in [-0.25, -0.2) is 0 Å². The van der Waals surface area contributed by atoms with E-state index in [1.807, 2.05) is 0 Å². The van der Waals surface area contributed by atoms with Crippen LogP contribution in [0.5, 0.6) is 0 Å². The van der Waals surface area contributed by atoms with E-state index in [2.05, 4.69) is 27.7 Å². The number of hydrogen-bond donors (Lipinski definition) is 1. The molecule has 2 heteroatoms. The Hall–Kier alpha value is -0.0800. The Morgan fingerprint density at radius 1 is 1.33 bits per heavy atom. The molecule has 0 aliphatic carbocycles. The van der Waals surface area contributed by atoms with Crippen LogP contribution < -0.4 is 5.73 Å². The highest BCUT2D eigenvalue weighted by molar-refractivity contribution is 4.67. The van der Waals surface area contributed by atoms with Crippen molar-refractivity contribution in [1.82, 2.24) is 0 Å². The van der Waals surface area contributed by atoms with Crippen molar-refractivity contribution >= 4 is 0 Å². The predicted octanol–water partition coefficient (Wildman–Crippen LogP) is 2.03. The van der Waals surface area contributed by atoms with E-state index in [1.54, 1.807) is 0 Å². The highest BCUT2D eigenvalue weighted by atomic mass is 16.5. The summed E-state index contributed by atoms with van der Waals surface area (Å²) in [4.78, 5) is 0. The molecule has 0 aromatic carbocycles. The molecule has 0 aliphatic rings. The van der Waals surface area contributed by atoms with Crippen LogP contribution in [0, 0.1) is 11.3 Å². The van der Waals surface area contributed by atoms with E-state index >= 15 is 0 Å². The van der Waals surface area contributed by atoms with Gasteiger partial charge in [-0.1, -0.05) is 27.7 Å². The molecule has 0 radical (unpaired) electrons. The summed E-state index contributed by atoms with van der Waals surface area (Å²) in [5.74, 6) is 0.624. The Labute approximate surface area is 76.5 Å². The first-order valence-electron chi connectivity index (χ1n) is 4.76. The Morgan fingerprint density at radius 2 is 1.92 bits per heavy atom. The van der Waals surface area contributed by atoms with Crippen LogP contribution in [-0.4, -0.2) is 19.8 Å². The summed E-state index contributed by atoms with van der Waals surface area (Å²) < 4.78 is 5.56. The number of hydrogen-bond acceptors (Lipinski definition) is 2. The van der Waals surface area contributed by atoms with Crippen molar-refractivity contribution in [1.29, 1.82) is 0 Å². The molecule has 12 heavy (non-hydrogen) atoms. The molecule has 0 aromatic rings. The fourth-order valence-electron chi connectivity index (χ4n) is 1.03. The quantitative estimate of drug-likeness (QED) is 0.667. The molecule has 0 rings (SSSR count). The van der Waals surface area contributed by atoms with E-state index in [-0.39, 0.29) is 5.41 Å². The lowest BCUT2D eigenvalue weighted by molar-refractivity contribution is 0.0439. The Morgan fingerprint density at radius 3 is 2.33 bits per heavy atom. The summed E-state index contributed by atoms with van der Waals surface area (Å²) in [5.41, 5.74) is 5.73. The SMILES string of the molecule is CC(C)COCC(C)(C)CCN. The van der Waals surface area contributed by atoms with Crippen LogP contribution in [0.2, 0.25) is 0 Å². The van der Waals surface area contributed by atoms with E-state index < -0.39 is 0 Å². The number of ether oxygens (including phenoxy) is 1. The fraction of sp³-hybridized carbons (Fsp3) is 1.00. The highest BCUT2D eigenvalue weighted by Crippen LogP contribution is 2.19. The molecule has 2 N–H and O–H groups in total. The summed E-state index contributed by atoms with van der Waals surface area (Å²) in [7, 11) is 0. The van der Waals surface area contributed by atoms with Crippen molar-refractivity contribution < 1.29 is 4.74 Å². The van der Waals surface area contributed by atoms with E-state index in [9.17, 15) is 0 Å². The average molecular weight is 173 g/mol. The van der Waals surface area contributed by atoms with E-state index in [4.69, 9.17) is 10.5 Å². The van der Waals surface area contributed by atoms with Gasteiger partial charge >= 0.3 is 0 Å². The Bertz CT molecular complexity index is 110. The van der Waals surface area contributed by atoms with Crippen LogP contribution >= 0.6 is 0 Å². The third-order valence-corrected chi connectivity index (χ3v) is 1.77. The lowest BCUT2D eigenvalue weighted by atomic mass is 9.91. The smallest absolute Gasteiger partial charge is 0.0517 e. The second kappa shape index (κ2) is 5.55.